The summed E-state index contributed by atoms with van der Waals surface area (Å²) in [5.74, 6) is 1.14. The third kappa shape index (κ3) is 1.48. The van der Waals surface area contributed by atoms with Gasteiger partial charge in [-0.15, -0.1) is 0 Å². The Morgan fingerprint density at radius 1 is 1.38 bits per heavy atom. The van der Waals surface area contributed by atoms with E-state index in [-0.39, 0.29) is 0 Å². The highest BCUT2D eigenvalue weighted by molar-refractivity contribution is 5.57. The van der Waals surface area contributed by atoms with Crippen LogP contribution in [-0.2, 0) is 7.05 Å². The first-order chi connectivity index (χ1) is 6.25. The van der Waals surface area contributed by atoms with Gasteiger partial charge in [0.1, 0.15) is 12.1 Å². The van der Waals surface area contributed by atoms with Crippen LogP contribution in [0.1, 0.15) is 0 Å². The minimum atomic E-state index is 0.477. The molecule has 0 spiro atoms. The van der Waals surface area contributed by atoms with Crippen LogP contribution < -0.4 is 5.73 Å². The Bertz CT molecular complexity index is 420. The van der Waals surface area contributed by atoms with Gasteiger partial charge in [0.25, 0.3) is 0 Å². The average molecular weight is 175 g/mol. The van der Waals surface area contributed by atoms with E-state index in [1.165, 1.54) is 0 Å². The van der Waals surface area contributed by atoms with Crippen molar-refractivity contribution in [3.05, 3.63) is 24.7 Å². The molecular weight excluding hydrogens is 166 g/mol. The van der Waals surface area contributed by atoms with E-state index in [1.54, 1.807) is 23.3 Å². The second-order valence-corrected chi connectivity index (χ2v) is 2.71. The van der Waals surface area contributed by atoms with Crippen LogP contribution in [0.25, 0.3) is 11.4 Å². The summed E-state index contributed by atoms with van der Waals surface area (Å²) in [6.45, 7) is 0. The molecule has 0 atom stereocenters. The van der Waals surface area contributed by atoms with E-state index < -0.39 is 0 Å². The number of pyridine rings is 1. The number of aryl methyl sites for hydroxylation is 1. The van der Waals surface area contributed by atoms with Gasteiger partial charge in [0.15, 0.2) is 5.82 Å². The molecule has 2 rings (SSSR count). The third-order valence-electron chi connectivity index (χ3n) is 1.64. The number of hydrogen-bond acceptors (Lipinski definition) is 4. The Balaban J connectivity index is 2.46. The SMILES string of the molecule is Cn1cnc(-c2ccnc(N)c2)n1. The summed E-state index contributed by atoms with van der Waals surface area (Å²) in [6.07, 6.45) is 3.28. The van der Waals surface area contributed by atoms with Gasteiger partial charge in [-0.2, -0.15) is 5.10 Å². The molecule has 2 aromatic rings. The van der Waals surface area contributed by atoms with Crippen LogP contribution >= 0.6 is 0 Å². The van der Waals surface area contributed by atoms with E-state index in [2.05, 4.69) is 15.1 Å². The van der Waals surface area contributed by atoms with Crippen LogP contribution in [0, 0.1) is 0 Å². The first-order valence-electron chi connectivity index (χ1n) is 3.83. The summed E-state index contributed by atoms with van der Waals surface area (Å²) in [7, 11) is 1.82. The van der Waals surface area contributed by atoms with Gasteiger partial charge in [0.05, 0.1) is 0 Å². The Morgan fingerprint density at radius 2 is 2.23 bits per heavy atom. The molecule has 0 aliphatic carbocycles. The summed E-state index contributed by atoms with van der Waals surface area (Å²) in [5.41, 5.74) is 6.41. The first-order valence-corrected chi connectivity index (χ1v) is 3.83. The molecular formula is C8H9N5. The molecule has 0 radical (unpaired) electrons. The molecule has 0 fully saturated rings. The highest BCUT2D eigenvalue weighted by atomic mass is 15.3. The molecule has 13 heavy (non-hydrogen) atoms. The largest absolute Gasteiger partial charge is 0.384 e. The van der Waals surface area contributed by atoms with Gasteiger partial charge in [-0.05, 0) is 12.1 Å². The Hall–Kier alpha value is -1.91. The molecule has 0 bridgehead atoms. The number of nitrogens with two attached hydrogens (primary N) is 1. The maximum Gasteiger partial charge on any atom is 0.181 e. The molecule has 66 valence electrons. The zero-order chi connectivity index (χ0) is 9.26. The van der Waals surface area contributed by atoms with Crippen LogP contribution in [0.3, 0.4) is 0 Å². The van der Waals surface area contributed by atoms with Crippen molar-refractivity contribution in [3.8, 4) is 11.4 Å². The summed E-state index contributed by atoms with van der Waals surface area (Å²) in [4.78, 5) is 7.98. The molecule has 0 saturated heterocycles. The lowest BCUT2D eigenvalue weighted by molar-refractivity contribution is 0.768. The monoisotopic (exact) mass is 175 g/mol. The Kier molecular flexibility index (Phi) is 1.70. The molecule has 0 aliphatic rings. The van der Waals surface area contributed by atoms with Gasteiger partial charge in [0.2, 0.25) is 0 Å². The maximum absolute atomic E-state index is 5.53. The Morgan fingerprint density at radius 3 is 2.85 bits per heavy atom. The lowest BCUT2D eigenvalue weighted by atomic mass is 10.2. The highest BCUT2D eigenvalue weighted by Crippen LogP contribution is 2.14. The zero-order valence-corrected chi connectivity index (χ0v) is 7.18. The molecule has 2 heterocycles. The summed E-state index contributed by atoms with van der Waals surface area (Å²) >= 11 is 0. The van der Waals surface area contributed by atoms with Crippen molar-refractivity contribution in [1.29, 1.82) is 0 Å². The second-order valence-electron chi connectivity index (χ2n) is 2.71. The quantitative estimate of drug-likeness (QED) is 0.683. The minimum Gasteiger partial charge on any atom is -0.384 e. The van der Waals surface area contributed by atoms with Crippen LogP contribution in [0.5, 0.6) is 0 Å². The molecule has 5 nitrogen and oxygen atoms in total. The predicted octanol–water partition coefficient (Wildman–Crippen LogP) is 0.459. The molecule has 0 saturated carbocycles. The number of aromatic nitrogens is 4. The van der Waals surface area contributed by atoms with Crippen molar-refractivity contribution in [3.63, 3.8) is 0 Å². The number of anilines is 1. The lowest BCUT2D eigenvalue weighted by Crippen LogP contribution is -1.91. The van der Waals surface area contributed by atoms with E-state index in [0.29, 0.717) is 11.6 Å². The van der Waals surface area contributed by atoms with Gasteiger partial charge in [-0.1, -0.05) is 0 Å². The van der Waals surface area contributed by atoms with Crippen LogP contribution in [0.2, 0.25) is 0 Å². The van der Waals surface area contributed by atoms with Gasteiger partial charge >= 0.3 is 0 Å². The van der Waals surface area contributed by atoms with Crippen molar-refractivity contribution >= 4 is 5.82 Å². The standard InChI is InChI=1S/C8H9N5/c1-13-5-11-8(12-13)6-2-3-10-7(9)4-6/h2-5H,1H3,(H2,9,10). The molecule has 2 N–H and O–H groups in total. The normalized spacial score (nSPS) is 10.2. The predicted molar refractivity (Wildman–Crippen MR) is 48.6 cm³/mol. The zero-order valence-electron chi connectivity index (χ0n) is 7.18. The molecule has 0 unspecified atom stereocenters. The van der Waals surface area contributed by atoms with Crippen LogP contribution in [-0.4, -0.2) is 19.7 Å². The topological polar surface area (TPSA) is 69.6 Å². The van der Waals surface area contributed by atoms with Gasteiger partial charge in [-0.25, -0.2) is 9.97 Å². The average Bonchev–Trinajstić information content (AvgIpc) is 2.52. The molecule has 0 aromatic carbocycles. The summed E-state index contributed by atoms with van der Waals surface area (Å²) in [6, 6.07) is 3.57. The van der Waals surface area contributed by atoms with Crippen LogP contribution in [0.4, 0.5) is 5.82 Å². The third-order valence-corrected chi connectivity index (χ3v) is 1.64. The van der Waals surface area contributed by atoms with E-state index in [4.69, 9.17) is 5.73 Å². The fourth-order valence-corrected chi connectivity index (χ4v) is 1.06. The lowest BCUT2D eigenvalue weighted by Gasteiger charge is -1.95. The highest BCUT2D eigenvalue weighted by Gasteiger charge is 2.02. The number of hydrogen-bond donors (Lipinski definition) is 1. The maximum atomic E-state index is 5.53. The van der Waals surface area contributed by atoms with Gasteiger partial charge in [0, 0.05) is 18.8 Å². The van der Waals surface area contributed by atoms with E-state index in [9.17, 15) is 0 Å². The van der Waals surface area contributed by atoms with Crippen LogP contribution in [0.15, 0.2) is 24.7 Å². The number of nitrogens with zero attached hydrogens (tertiary/aromatic N) is 4. The van der Waals surface area contributed by atoms with Gasteiger partial charge < -0.3 is 5.73 Å². The molecule has 5 heteroatoms. The molecule has 0 aliphatic heterocycles. The van der Waals surface area contributed by atoms with Crippen molar-refractivity contribution < 1.29 is 0 Å². The van der Waals surface area contributed by atoms with Crippen molar-refractivity contribution in [2.45, 2.75) is 0 Å². The molecule has 0 amide bonds. The fourth-order valence-electron chi connectivity index (χ4n) is 1.06. The van der Waals surface area contributed by atoms with E-state index in [1.807, 2.05) is 13.1 Å². The minimum absolute atomic E-state index is 0.477. The number of rotatable bonds is 1. The second kappa shape index (κ2) is 2.85. The van der Waals surface area contributed by atoms with E-state index >= 15 is 0 Å². The van der Waals surface area contributed by atoms with Crippen molar-refractivity contribution in [2.24, 2.45) is 7.05 Å². The first kappa shape index (κ1) is 7.72. The van der Waals surface area contributed by atoms with Crippen molar-refractivity contribution in [1.82, 2.24) is 19.7 Å². The number of nitrogen functional groups attached to an aromatic ring is 1. The molecule has 2 aromatic heterocycles. The summed E-state index contributed by atoms with van der Waals surface area (Å²) < 4.78 is 1.64. The van der Waals surface area contributed by atoms with Gasteiger partial charge in [-0.3, -0.25) is 4.68 Å². The smallest absolute Gasteiger partial charge is 0.181 e. The van der Waals surface area contributed by atoms with E-state index in [0.717, 1.165) is 5.56 Å². The summed E-state index contributed by atoms with van der Waals surface area (Å²) in [5, 5.41) is 4.14. The Labute approximate surface area is 75.2 Å². The van der Waals surface area contributed by atoms with Crippen molar-refractivity contribution in [2.75, 3.05) is 5.73 Å². The fraction of sp³-hybridized carbons (Fsp3) is 0.125.